The number of benzene rings is 1. The molecule has 0 spiro atoms. The minimum atomic E-state index is 0.375. The summed E-state index contributed by atoms with van der Waals surface area (Å²) in [5.41, 5.74) is 9.94. The molecule has 20 heavy (non-hydrogen) atoms. The summed E-state index contributed by atoms with van der Waals surface area (Å²) < 4.78 is 0. The molecule has 1 heterocycles. The molecule has 0 unspecified atom stereocenters. The van der Waals surface area contributed by atoms with Crippen LogP contribution in [0.3, 0.4) is 0 Å². The highest BCUT2D eigenvalue weighted by Gasteiger charge is 2.16. The molecule has 0 aliphatic rings. The number of hydrogen-bond acceptors (Lipinski definition) is 3. The van der Waals surface area contributed by atoms with Crippen molar-refractivity contribution in [1.29, 1.82) is 0 Å². The van der Waals surface area contributed by atoms with Crippen LogP contribution in [0.5, 0.6) is 0 Å². The van der Waals surface area contributed by atoms with Crippen LogP contribution in [0.25, 0.3) is 0 Å². The highest BCUT2D eigenvalue weighted by Crippen LogP contribution is 2.29. The van der Waals surface area contributed by atoms with E-state index in [0.29, 0.717) is 4.99 Å². The van der Waals surface area contributed by atoms with E-state index in [1.54, 1.807) is 0 Å². The van der Waals surface area contributed by atoms with Gasteiger partial charge in [-0.1, -0.05) is 30.4 Å². The molecule has 1 aromatic carbocycles. The van der Waals surface area contributed by atoms with Gasteiger partial charge in [-0.15, -0.1) is 0 Å². The Kier molecular flexibility index (Phi) is 4.35. The molecule has 2 N–H and O–H groups in total. The monoisotopic (exact) mass is 285 g/mol. The topological polar surface area (TPSA) is 42.2 Å². The van der Waals surface area contributed by atoms with Gasteiger partial charge in [0, 0.05) is 17.9 Å². The number of aryl methyl sites for hydroxylation is 2. The van der Waals surface area contributed by atoms with Gasteiger partial charge in [0.2, 0.25) is 0 Å². The number of para-hydroxylation sites is 1. The molecule has 1 aromatic heterocycles. The molecule has 0 saturated heterocycles. The lowest BCUT2D eigenvalue weighted by Gasteiger charge is -2.26. The van der Waals surface area contributed by atoms with Crippen LogP contribution >= 0.6 is 12.2 Å². The number of nitrogens with zero attached hydrogens (tertiary/aromatic N) is 2. The molecule has 0 bridgehead atoms. The second-order valence-electron chi connectivity index (χ2n) is 4.72. The van der Waals surface area contributed by atoms with Crippen molar-refractivity contribution in [3.63, 3.8) is 0 Å². The van der Waals surface area contributed by atoms with Crippen molar-refractivity contribution < 1.29 is 0 Å². The Labute approximate surface area is 125 Å². The quantitative estimate of drug-likeness (QED) is 0.873. The molecule has 0 saturated carbocycles. The van der Waals surface area contributed by atoms with Gasteiger partial charge in [-0.2, -0.15) is 0 Å². The van der Waals surface area contributed by atoms with Gasteiger partial charge in [-0.3, -0.25) is 0 Å². The maximum atomic E-state index is 5.84. The fourth-order valence-corrected chi connectivity index (χ4v) is 2.40. The largest absolute Gasteiger partial charge is 0.389 e. The van der Waals surface area contributed by atoms with Crippen LogP contribution in [-0.4, -0.2) is 16.5 Å². The van der Waals surface area contributed by atoms with Crippen molar-refractivity contribution in [3.8, 4) is 0 Å². The van der Waals surface area contributed by atoms with E-state index in [4.69, 9.17) is 18.0 Å². The maximum Gasteiger partial charge on any atom is 0.143 e. The minimum absolute atomic E-state index is 0.375. The molecule has 2 aromatic rings. The fourth-order valence-electron chi connectivity index (χ4n) is 2.24. The first-order valence-electron chi connectivity index (χ1n) is 6.65. The maximum absolute atomic E-state index is 5.84. The summed E-state index contributed by atoms with van der Waals surface area (Å²) in [5.74, 6) is 0.828. The number of thiocarbonyl (C=S) groups is 1. The lowest BCUT2D eigenvalue weighted by Crippen LogP contribution is -2.23. The Morgan fingerprint density at radius 3 is 2.50 bits per heavy atom. The van der Waals surface area contributed by atoms with E-state index in [1.165, 1.54) is 5.56 Å². The zero-order chi connectivity index (χ0) is 14.7. The van der Waals surface area contributed by atoms with E-state index in [0.717, 1.165) is 29.3 Å². The van der Waals surface area contributed by atoms with Crippen LogP contribution in [0.4, 0.5) is 11.5 Å². The number of hydrogen-bond donors (Lipinski definition) is 1. The summed E-state index contributed by atoms with van der Waals surface area (Å²) in [6.07, 6.45) is 0. The smallest absolute Gasteiger partial charge is 0.143 e. The molecule has 2 rings (SSSR count). The average Bonchev–Trinajstić information content (AvgIpc) is 2.41. The van der Waals surface area contributed by atoms with E-state index < -0.39 is 0 Å². The molecule has 4 heteroatoms. The summed E-state index contributed by atoms with van der Waals surface area (Å²) in [7, 11) is 0. The Balaban J connectivity index is 2.60. The third-order valence-electron chi connectivity index (χ3n) is 3.26. The molecule has 3 nitrogen and oxygen atoms in total. The zero-order valence-corrected chi connectivity index (χ0v) is 12.9. The summed E-state index contributed by atoms with van der Waals surface area (Å²) in [5, 5.41) is 0. The first-order valence-corrected chi connectivity index (χ1v) is 7.06. The zero-order valence-electron chi connectivity index (χ0n) is 12.1. The Hall–Kier alpha value is -1.94. The van der Waals surface area contributed by atoms with Gasteiger partial charge in [0.15, 0.2) is 0 Å². The van der Waals surface area contributed by atoms with Crippen LogP contribution in [0.15, 0.2) is 36.4 Å². The number of anilines is 2. The molecule has 0 aliphatic heterocycles. The Bertz CT molecular complexity index is 637. The van der Waals surface area contributed by atoms with Crippen LogP contribution in [0, 0.1) is 13.8 Å². The number of pyridine rings is 1. The average molecular weight is 285 g/mol. The lowest BCUT2D eigenvalue weighted by molar-refractivity contribution is 0.970. The summed E-state index contributed by atoms with van der Waals surface area (Å²) in [6, 6.07) is 12.1. The van der Waals surface area contributed by atoms with E-state index >= 15 is 0 Å². The van der Waals surface area contributed by atoms with Gasteiger partial charge in [0.05, 0.1) is 5.56 Å². The van der Waals surface area contributed by atoms with Crippen molar-refractivity contribution in [3.05, 3.63) is 53.2 Å². The van der Waals surface area contributed by atoms with E-state index in [2.05, 4.69) is 35.9 Å². The second kappa shape index (κ2) is 6.01. The minimum Gasteiger partial charge on any atom is -0.389 e. The van der Waals surface area contributed by atoms with Gasteiger partial charge < -0.3 is 10.6 Å². The van der Waals surface area contributed by atoms with Crippen LogP contribution in [0.1, 0.15) is 23.7 Å². The highest BCUT2D eigenvalue weighted by atomic mass is 32.1. The molecular formula is C16H19N3S. The van der Waals surface area contributed by atoms with Crippen molar-refractivity contribution >= 4 is 28.7 Å². The number of aromatic nitrogens is 1. The molecule has 0 radical (unpaired) electrons. The van der Waals surface area contributed by atoms with Gasteiger partial charge >= 0.3 is 0 Å². The Morgan fingerprint density at radius 2 is 1.90 bits per heavy atom. The van der Waals surface area contributed by atoms with Crippen molar-refractivity contribution in [2.24, 2.45) is 5.73 Å². The van der Waals surface area contributed by atoms with Gasteiger partial charge in [0.1, 0.15) is 10.8 Å². The first-order chi connectivity index (χ1) is 9.54. The van der Waals surface area contributed by atoms with Crippen LogP contribution in [-0.2, 0) is 0 Å². The van der Waals surface area contributed by atoms with Crippen LogP contribution in [0.2, 0.25) is 0 Å². The third-order valence-corrected chi connectivity index (χ3v) is 3.48. The molecular weight excluding hydrogens is 266 g/mol. The first kappa shape index (κ1) is 14.5. The van der Waals surface area contributed by atoms with Gasteiger partial charge in [-0.05, 0) is 44.5 Å². The number of rotatable bonds is 4. The fraction of sp³-hybridized carbons (Fsp3) is 0.250. The van der Waals surface area contributed by atoms with E-state index in [1.807, 2.05) is 31.2 Å². The van der Waals surface area contributed by atoms with E-state index in [9.17, 15) is 0 Å². The van der Waals surface area contributed by atoms with E-state index in [-0.39, 0.29) is 0 Å². The summed E-state index contributed by atoms with van der Waals surface area (Å²) in [4.78, 5) is 7.17. The molecule has 0 fully saturated rings. The molecule has 0 atom stereocenters. The molecule has 104 valence electrons. The second-order valence-corrected chi connectivity index (χ2v) is 5.16. The SMILES string of the molecule is CCN(c1ccccc1C)c1nc(C)ccc1C(N)=S. The standard InChI is InChI=1S/C16H19N3S/c1-4-19(14-8-6-5-7-11(14)2)16-13(15(17)20)10-9-12(3)18-16/h5-10H,4H2,1-3H3,(H2,17,20). The number of nitrogens with two attached hydrogens (primary N) is 1. The van der Waals surface area contributed by atoms with Gasteiger partial charge in [-0.25, -0.2) is 4.98 Å². The molecule has 0 aliphatic carbocycles. The summed E-state index contributed by atoms with van der Waals surface area (Å²) in [6.45, 7) is 6.96. The van der Waals surface area contributed by atoms with Crippen molar-refractivity contribution in [2.45, 2.75) is 20.8 Å². The highest BCUT2D eigenvalue weighted by molar-refractivity contribution is 7.80. The normalized spacial score (nSPS) is 10.3. The summed E-state index contributed by atoms with van der Waals surface area (Å²) >= 11 is 5.15. The molecule has 0 amide bonds. The predicted octanol–water partition coefficient (Wildman–Crippen LogP) is 3.49. The van der Waals surface area contributed by atoms with Crippen LogP contribution < -0.4 is 10.6 Å². The predicted molar refractivity (Wildman–Crippen MR) is 88.7 cm³/mol. The third kappa shape index (κ3) is 2.80. The Morgan fingerprint density at radius 1 is 1.20 bits per heavy atom. The van der Waals surface area contributed by atoms with Crippen molar-refractivity contribution in [1.82, 2.24) is 4.98 Å². The lowest BCUT2D eigenvalue weighted by atomic mass is 10.1. The van der Waals surface area contributed by atoms with Crippen molar-refractivity contribution in [2.75, 3.05) is 11.4 Å². The van der Waals surface area contributed by atoms with Gasteiger partial charge in [0.25, 0.3) is 0 Å².